The van der Waals surface area contributed by atoms with Crippen LogP contribution in [0.25, 0.3) is 22.6 Å². The van der Waals surface area contributed by atoms with Crippen LogP contribution in [0.2, 0.25) is 5.02 Å². The average Bonchev–Trinajstić information content (AvgIpc) is 3.19. The first kappa shape index (κ1) is 19.0. The molecule has 0 spiro atoms. The van der Waals surface area contributed by atoms with E-state index in [-0.39, 0.29) is 0 Å². The van der Waals surface area contributed by atoms with Crippen molar-refractivity contribution in [3.63, 3.8) is 0 Å². The van der Waals surface area contributed by atoms with Crippen LogP contribution in [0.15, 0.2) is 64.2 Å². The van der Waals surface area contributed by atoms with Crippen molar-refractivity contribution in [1.82, 2.24) is 15.2 Å². The third-order valence-electron chi connectivity index (χ3n) is 4.86. The van der Waals surface area contributed by atoms with Gasteiger partial charge in [-0.3, -0.25) is 0 Å². The molecule has 0 amide bonds. The number of rotatable bonds is 3. The van der Waals surface area contributed by atoms with Gasteiger partial charge >= 0.3 is 0 Å². The van der Waals surface area contributed by atoms with Crippen molar-refractivity contribution in [3.8, 4) is 28.5 Å². The SMILES string of the molecule is CSc1nnc2c(n1)O[C@@H](c1ccc(-c3ccc(C)c(Cl)c3)o1)Nc1ccccc1-2. The smallest absolute Gasteiger partial charge is 0.247 e. The predicted molar refractivity (Wildman–Crippen MR) is 118 cm³/mol. The fourth-order valence-electron chi connectivity index (χ4n) is 3.26. The minimum atomic E-state index is -0.575. The lowest BCUT2D eigenvalue weighted by molar-refractivity contribution is 0.196. The predicted octanol–water partition coefficient (Wildman–Crippen LogP) is 5.99. The molecular weight excluding hydrogens is 420 g/mol. The van der Waals surface area contributed by atoms with Crippen LogP contribution in [0.3, 0.4) is 0 Å². The highest BCUT2D eigenvalue weighted by Gasteiger charge is 2.28. The largest absolute Gasteiger partial charge is 0.455 e. The number of halogens is 1. The minimum absolute atomic E-state index is 0.410. The summed E-state index contributed by atoms with van der Waals surface area (Å²) >= 11 is 7.69. The lowest BCUT2D eigenvalue weighted by atomic mass is 10.1. The fraction of sp³-hybridized carbons (Fsp3) is 0.136. The van der Waals surface area contributed by atoms with Gasteiger partial charge in [0, 0.05) is 21.8 Å². The summed E-state index contributed by atoms with van der Waals surface area (Å²) in [6.45, 7) is 1.97. The monoisotopic (exact) mass is 436 g/mol. The van der Waals surface area contributed by atoms with Gasteiger partial charge in [0.25, 0.3) is 0 Å². The summed E-state index contributed by atoms with van der Waals surface area (Å²) in [5, 5.41) is 13.1. The van der Waals surface area contributed by atoms with Crippen LogP contribution in [0.1, 0.15) is 17.6 Å². The third kappa shape index (κ3) is 3.40. The number of nitrogens with zero attached hydrogens (tertiary/aromatic N) is 3. The van der Waals surface area contributed by atoms with E-state index in [1.54, 1.807) is 0 Å². The molecule has 5 rings (SSSR count). The number of thioether (sulfide) groups is 1. The summed E-state index contributed by atoms with van der Waals surface area (Å²) in [5.41, 5.74) is 4.26. The second-order valence-electron chi connectivity index (χ2n) is 6.81. The van der Waals surface area contributed by atoms with Crippen molar-refractivity contribution >= 4 is 29.1 Å². The van der Waals surface area contributed by atoms with Gasteiger partial charge in [0.15, 0.2) is 11.5 Å². The van der Waals surface area contributed by atoms with E-state index in [1.165, 1.54) is 11.8 Å². The first-order valence-corrected chi connectivity index (χ1v) is 10.9. The zero-order valence-electron chi connectivity index (χ0n) is 16.2. The Balaban J connectivity index is 1.55. The van der Waals surface area contributed by atoms with Crippen LogP contribution >= 0.6 is 23.4 Å². The van der Waals surface area contributed by atoms with E-state index in [1.807, 2.05) is 67.8 Å². The van der Waals surface area contributed by atoms with Crippen molar-refractivity contribution in [1.29, 1.82) is 0 Å². The number of para-hydroxylation sites is 1. The lowest BCUT2D eigenvalue weighted by Gasteiger charge is -2.16. The van der Waals surface area contributed by atoms with Crippen molar-refractivity contribution in [2.45, 2.75) is 18.3 Å². The van der Waals surface area contributed by atoms with Crippen molar-refractivity contribution in [2.75, 3.05) is 11.6 Å². The molecule has 0 fully saturated rings. The maximum Gasteiger partial charge on any atom is 0.247 e. The highest BCUT2D eigenvalue weighted by molar-refractivity contribution is 7.98. The Morgan fingerprint density at radius 1 is 1.07 bits per heavy atom. The second-order valence-corrected chi connectivity index (χ2v) is 7.99. The minimum Gasteiger partial charge on any atom is -0.455 e. The van der Waals surface area contributed by atoms with Crippen molar-refractivity contribution in [2.24, 2.45) is 0 Å². The van der Waals surface area contributed by atoms with Crippen LogP contribution < -0.4 is 10.1 Å². The topological polar surface area (TPSA) is 73.1 Å². The average molecular weight is 437 g/mol. The van der Waals surface area contributed by atoms with Crippen LogP contribution in [0, 0.1) is 6.92 Å². The van der Waals surface area contributed by atoms with Gasteiger partial charge in [-0.15, -0.1) is 10.2 Å². The van der Waals surface area contributed by atoms with E-state index in [9.17, 15) is 0 Å². The first-order valence-electron chi connectivity index (χ1n) is 9.30. The van der Waals surface area contributed by atoms with Crippen LogP contribution in [-0.4, -0.2) is 21.4 Å². The fourth-order valence-corrected chi connectivity index (χ4v) is 3.73. The van der Waals surface area contributed by atoms with Gasteiger partial charge in [0.05, 0.1) is 0 Å². The van der Waals surface area contributed by atoms with E-state index in [0.29, 0.717) is 33.3 Å². The van der Waals surface area contributed by atoms with E-state index in [2.05, 4.69) is 20.5 Å². The molecule has 0 saturated carbocycles. The van der Waals surface area contributed by atoms with Gasteiger partial charge in [0.1, 0.15) is 5.76 Å². The molecular formula is C22H17ClN4O2S. The number of benzene rings is 2. The summed E-state index contributed by atoms with van der Waals surface area (Å²) in [6.07, 6.45) is 1.32. The Morgan fingerprint density at radius 3 is 2.77 bits per heavy atom. The summed E-state index contributed by atoms with van der Waals surface area (Å²) in [7, 11) is 0. The van der Waals surface area contributed by atoms with E-state index in [4.69, 9.17) is 20.8 Å². The molecule has 2 aromatic heterocycles. The molecule has 0 saturated heterocycles. The molecule has 0 aliphatic carbocycles. The number of hydrogen-bond acceptors (Lipinski definition) is 7. The Morgan fingerprint density at radius 2 is 1.93 bits per heavy atom. The van der Waals surface area contributed by atoms with Gasteiger partial charge in [-0.2, -0.15) is 4.98 Å². The molecule has 2 aromatic carbocycles. The Hall–Kier alpha value is -3.03. The maximum absolute atomic E-state index is 6.28. The Labute approximate surface area is 182 Å². The zero-order valence-corrected chi connectivity index (χ0v) is 17.8. The zero-order chi connectivity index (χ0) is 20.7. The maximum atomic E-state index is 6.28. The van der Waals surface area contributed by atoms with Crippen LogP contribution in [0.5, 0.6) is 5.88 Å². The molecule has 1 N–H and O–H groups in total. The lowest BCUT2D eigenvalue weighted by Crippen LogP contribution is -2.16. The molecule has 3 heterocycles. The summed E-state index contributed by atoms with van der Waals surface area (Å²) in [6, 6.07) is 17.5. The molecule has 4 aromatic rings. The van der Waals surface area contributed by atoms with Crippen molar-refractivity contribution in [3.05, 3.63) is 70.9 Å². The van der Waals surface area contributed by atoms with Crippen molar-refractivity contribution < 1.29 is 9.15 Å². The first-order chi connectivity index (χ1) is 14.6. The number of aryl methyl sites for hydroxylation is 1. The van der Waals surface area contributed by atoms with Gasteiger partial charge in [-0.1, -0.05) is 53.7 Å². The van der Waals surface area contributed by atoms with Gasteiger partial charge in [-0.25, -0.2) is 0 Å². The number of aromatic nitrogens is 3. The molecule has 8 heteroatoms. The molecule has 0 bridgehead atoms. The molecule has 1 atom stereocenters. The molecule has 150 valence electrons. The molecule has 0 unspecified atom stereocenters. The Kier molecular flexibility index (Phi) is 4.84. The van der Waals surface area contributed by atoms with E-state index >= 15 is 0 Å². The number of fused-ring (bicyclic) bond motifs is 3. The molecule has 0 radical (unpaired) electrons. The molecule has 30 heavy (non-hydrogen) atoms. The van der Waals surface area contributed by atoms with Crippen LogP contribution in [-0.2, 0) is 0 Å². The van der Waals surface area contributed by atoms with Gasteiger partial charge < -0.3 is 14.5 Å². The normalized spacial score (nSPS) is 14.8. The number of nitrogens with one attached hydrogen (secondary N) is 1. The van der Waals surface area contributed by atoms with E-state index in [0.717, 1.165) is 22.4 Å². The molecule has 1 aliphatic heterocycles. The number of hydrogen-bond donors (Lipinski definition) is 1. The summed E-state index contributed by atoms with van der Waals surface area (Å²) < 4.78 is 12.3. The second kappa shape index (κ2) is 7.66. The van der Waals surface area contributed by atoms with E-state index < -0.39 is 6.23 Å². The summed E-state index contributed by atoms with van der Waals surface area (Å²) in [4.78, 5) is 4.52. The highest BCUT2D eigenvalue weighted by atomic mass is 35.5. The standard InChI is InChI=1S/C22H17ClN4O2S/c1-12-7-8-13(11-15(12)23)17-9-10-18(28-17)20-24-16-6-4-3-5-14(16)19-21(29-20)25-22(30-2)27-26-19/h3-11,20,24H,1-2H3/t20-/m0/s1. The number of ether oxygens (including phenoxy) is 1. The Bertz CT molecular complexity index is 1240. The molecule has 1 aliphatic rings. The van der Waals surface area contributed by atoms with Crippen LogP contribution in [0.4, 0.5) is 5.69 Å². The third-order valence-corrected chi connectivity index (χ3v) is 5.80. The molecule has 6 nitrogen and oxygen atoms in total. The van der Waals surface area contributed by atoms with Gasteiger partial charge in [0.2, 0.25) is 17.3 Å². The quantitative estimate of drug-likeness (QED) is 0.395. The number of anilines is 1. The summed E-state index contributed by atoms with van der Waals surface area (Å²) in [5.74, 6) is 1.74. The van der Waals surface area contributed by atoms with Gasteiger partial charge in [-0.05, 0) is 43.0 Å². The number of furan rings is 1. The highest BCUT2D eigenvalue weighted by Crippen LogP contribution is 2.40.